The van der Waals surface area contributed by atoms with Crippen molar-refractivity contribution in [3.8, 4) is 5.75 Å². The molecule has 2 aromatic carbocycles. The van der Waals surface area contributed by atoms with E-state index in [0.29, 0.717) is 18.9 Å². The maximum atomic E-state index is 13.0. The number of piperidine rings is 1. The highest BCUT2D eigenvalue weighted by Gasteiger charge is 2.34. The van der Waals surface area contributed by atoms with Crippen LogP contribution in [0.2, 0.25) is 0 Å². The lowest BCUT2D eigenvalue weighted by atomic mass is 9.79. The molecule has 5 nitrogen and oxygen atoms in total. The van der Waals surface area contributed by atoms with E-state index in [1.54, 1.807) is 7.11 Å². The maximum Gasteiger partial charge on any atom is 0.265 e. The Morgan fingerprint density at radius 2 is 1.70 bits per heavy atom. The number of benzene rings is 2. The number of amides is 1. The van der Waals surface area contributed by atoms with Gasteiger partial charge in [0.15, 0.2) is 0 Å². The summed E-state index contributed by atoms with van der Waals surface area (Å²) >= 11 is 0. The molecule has 1 atom stereocenters. The van der Waals surface area contributed by atoms with Crippen LogP contribution in [0.25, 0.3) is 0 Å². The predicted octanol–water partition coefficient (Wildman–Crippen LogP) is 2.94. The second kappa shape index (κ2) is 9.53. The average Bonchev–Trinajstić information content (AvgIpc) is 2.73. The summed E-state index contributed by atoms with van der Waals surface area (Å²) in [7, 11) is 1.72. The minimum absolute atomic E-state index is 0.0242. The first-order valence-corrected chi connectivity index (χ1v) is 9.46. The molecule has 0 spiro atoms. The molecule has 3 rings (SSSR count). The highest BCUT2D eigenvalue weighted by Crippen LogP contribution is 2.29. The zero-order valence-electron chi connectivity index (χ0n) is 15.8. The van der Waals surface area contributed by atoms with Crippen LogP contribution in [0, 0.1) is 5.41 Å². The van der Waals surface area contributed by atoms with Gasteiger partial charge in [-0.3, -0.25) is 4.79 Å². The summed E-state index contributed by atoms with van der Waals surface area (Å²) in [5.41, 5.74) is 0.814. The highest BCUT2D eigenvalue weighted by molar-refractivity contribution is 5.82. The molecule has 5 heteroatoms. The Bertz CT molecular complexity index is 695. The van der Waals surface area contributed by atoms with Gasteiger partial charge in [0.1, 0.15) is 5.75 Å². The molecule has 0 aliphatic carbocycles. The molecule has 1 fully saturated rings. The summed E-state index contributed by atoms with van der Waals surface area (Å²) in [5.74, 6) is 0.550. The molecule has 1 aliphatic rings. The van der Waals surface area contributed by atoms with Crippen LogP contribution in [0.3, 0.4) is 0 Å². The Labute approximate surface area is 161 Å². The van der Waals surface area contributed by atoms with Gasteiger partial charge in [-0.2, -0.15) is 0 Å². The molecule has 1 aliphatic heterocycles. The fraction of sp³-hybridized carbons (Fsp3) is 0.409. The number of carbonyl (C=O) groups is 1. The van der Waals surface area contributed by atoms with Gasteiger partial charge in [0, 0.05) is 24.6 Å². The van der Waals surface area contributed by atoms with Gasteiger partial charge in [-0.1, -0.05) is 48.5 Å². The number of nitrogens with one attached hydrogen (secondary N) is 2. The minimum Gasteiger partial charge on any atom is -0.476 e. The van der Waals surface area contributed by atoms with Crippen LogP contribution in [0.1, 0.15) is 24.5 Å². The number of hydrogen-bond acceptors (Lipinski definition) is 4. The summed E-state index contributed by atoms with van der Waals surface area (Å²) in [4.78, 5) is 13.0. The number of carbonyl (C=O) groups excluding carboxylic acids is 1. The van der Waals surface area contributed by atoms with Crippen molar-refractivity contribution in [2.24, 2.45) is 5.41 Å². The van der Waals surface area contributed by atoms with Gasteiger partial charge < -0.3 is 20.1 Å². The smallest absolute Gasteiger partial charge is 0.265 e. The molecule has 2 aromatic rings. The molecule has 1 amide bonds. The summed E-state index contributed by atoms with van der Waals surface area (Å²) in [6.07, 6.45) is 1.28. The molecule has 1 heterocycles. The van der Waals surface area contributed by atoms with Crippen LogP contribution in [-0.2, 0) is 9.53 Å². The Balaban J connectivity index is 1.72. The number of hydrogen-bond donors (Lipinski definition) is 2. The second-order valence-corrected chi connectivity index (χ2v) is 7.12. The monoisotopic (exact) mass is 368 g/mol. The molecule has 144 valence electrons. The van der Waals surface area contributed by atoms with Crippen molar-refractivity contribution in [3.63, 3.8) is 0 Å². The lowest BCUT2D eigenvalue weighted by molar-refractivity contribution is -0.129. The number of ether oxygens (including phenoxy) is 2. The molecule has 0 radical (unpaired) electrons. The highest BCUT2D eigenvalue weighted by atomic mass is 16.5. The lowest BCUT2D eigenvalue weighted by Gasteiger charge is -2.37. The standard InChI is InChI=1S/C22H28N2O3/c1-26-17-22(12-14-23-15-13-22)16-24-21(25)20(18-8-4-2-5-9-18)27-19-10-6-3-7-11-19/h2-11,20,23H,12-17H2,1H3,(H,24,25). The molecule has 27 heavy (non-hydrogen) atoms. The summed E-state index contributed by atoms with van der Waals surface area (Å²) in [6, 6.07) is 19.1. The molecule has 1 saturated heterocycles. The largest absolute Gasteiger partial charge is 0.476 e. The number of methoxy groups -OCH3 is 1. The van der Waals surface area contributed by atoms with Crippen molar-refractivity contribution in [3.05, 3.63) is 66.2 Å². The van der Waals surface area contributed by atoms with Crippen LogP contribution in [0.15, 0.2) is 60.7 Å². The molecular formula is C22H28N2O3. The van der Waals surface area contributed by atoms with Gasteiger partial charge in [0.2, 0.25) is 6.10 Å². The first-order valence-electron chi connectivity index (χ1n) is 9.46. The Kier molecular flexibility index (Phi) is 6.85. The van der Waals surface area contributed by atoms with Gasteiger partial charge in [0.05, 0.1) is 6.61 Å². The molecule has 0 saturated carbocycles. The van der Waals surface area contributed by atoms with Crippen LogP contribution >= 0.6 is 0 Å². The zero-order chi connectivity index (χ0) is 19.0. The van der Waals surface area contributed by atoms with E-state index >= 15 is 0 Å². The molecular weight excluding hydrogens is 340 g/mol. The first kappa shape index (κ1) is 19.4. The topological polar surface area (TPSA) is 59.6 Å². The summed E-state index contributed by atoms with van der Waals surface area (Å²) in [6.45, 7) is 3.12. The van der Waals surface area contributed by atoms with Gasteiger partial charge in [0.25, 0.3) is 5.91 Å². The lowest BCUT2D eigenvalue weighted by Crippen LogP contribution is -2.48. The predicted molar refractivity (Wildman–Crippen MR) is 106 cm³/mol. The van der Waals surface area contributed by atoms with Gasteiger partial charge in [-0.15, -0.1) is 0 Å². The Hall–Kier alpha value is -2.37. The van der Waals surface area contributed by atoms with Crippen molar-refractivity contribution in [1.82, 2.24) is 10.6 Å². The van der Waals surface area contributed by atoms with E-state index in [9.17, 15) is 4.79 Å². The van der Waals surface area contributed by atoms with E-state index in [1.807, 2.05) is 60.7 Å². The van der Waals surface area contributed by atoms with E-state index in [-0.39, 0.29) is 11.3 Å². The van der Waals surface area contributed by atoms with E-state index in [1.165, 1.54) is 0 Å². The third-order valence-electron chi connectivity index (χ3n) is 5.09. The minimum atomic E-state index is -0.685. The summed E-state index contributed by atoms with van der Waals surface area (Å²) in [5, 5.41) is 6.50. The first-order chi connectivity index (χ1) is 13.2. The van der Waals surface area contributed by atoms with Crippen molar-refractivity contribution < 1.29 is 14.3 Å². The molecule has 0 bridgehead atoms. The molecule has 2 N–H and O–H groups in total. The molecule has 1 unspecified atom stereocenters. The van der Waals surface area contributed by atoms with Gasteiger partial charge in [-0.25, -0.2) is 0 Å². The third-order valence-corrected chi connectivity index (χ3v) is 5.09. The van der Waals surface area contributed by atoms with Crippen LogP contribution in [0.5, 0.6) is 5.75 Å². The fourth-order valence-corrected chi connectivity index (χ4v) is 3.54. The zero-order valence-corrected chi connectivity index (χ0v) is 15.8. The van der Waals surface area contributed by atoms with Gasteiger partial charge in [-0.05, 0) is 38.1 Å². The average molecular weight is 368 g/mol. The second-order valence-electron chi connectivity index (χ2n) is 7.12. The van der Waals surface area contributed by atoms with E-state index in [4.69, 9.17) is 9.47 Å². The van der Waals surface area contributed by atoms with E-state index < -0.39 is 6.10 Å². The van der Waals surface area contributed by atoms with Crippen molar-refractivity contribution in [2.75, 3.05) is 33.4 Å². The Morgan fingerprint density at radius 1 is 1.07 bits per heavy atom. The van der Waals surface area contributed by atoms with Crippen LogP contribution in [0.4, 0.5) is 0 Å². The van der Waals surface area contributed by atoms with Crippen molar-refractivity contribution in [1.29, 1.82) is 0 Å². The quantitative estimate of drug-likeness (QED) is 0.752. The fourth-order valence-electron chi connectivity index (χ4n) is 3.54. The van der Waals surface area contributed by atoms with E-state index in [2.05, 4.69) is 10.6 Å². The van der Waals surface area contributed by atoms with Gasteiger partial charge >= 0.3 is 0 Å². The Morgan fingerprint density at radius 3 is 2.33 bits per heavy atom. The van der Waals surface area contributed by atoms with E-state index in [0.717, 1.165) is 31.5 Å². The number of para-hydroxylation sites is 1. The molecule has 0 aromatic heterocycles. The SMILES string of the molecule is COCC1(CNC(=O)C(Oc2ccccc2)c2ccccc2)CCNCC1. The van der Waals surface area contributed by atoms with Crippen LogP contribution in [-0.4, -0.2) is 39.3 Å². The van der Waals surface area contributed by atoms with Crippen molar-refractivity contribution in [2.45, 2.75) is 18.9 Å². The summed E-state index contributed by atoms with van der Waals surface area (Å²) < 4.78 is 11.5. The maximum absolute atomic E-state index is 13.0. The number of rotatable bonds is 8. The van der Waals surface area contributed by atoms with Crippen molar-refractivity contribution >= 4 is 5.91 Å². The normalized spacial score (nSPS) is 17.1. The third kappa shape index (κ3) is 5.31. The van der Waals surface area contributed by atoms with Crippen LogP contribution < -0.4 is 15.4 Å².